The molecule has 0 spiro atoms. The molecule has 0 unspecified atom stereocenters. The van der Waals surface area contributed by atoms with Crippen molar-refractivity contribution in [2.75, 3.05) is 18.5 Å². The molecule has 1 rings (SSSR count). The number of anilines is 1. The summed E-state index contributed by atoms with van der Waals surface area (Å²) < 4.78 is 5.38. The van der Waals surface area contributed by atoms with Gasteiger partial charge in [0.25, 0.3) is 5.91 Å². The van der Waals surface area contributed by atoms with Gasteiger partial charge in [-0.05, 0) is 58.4 Å². The van der Waals surface area contributed by atoms with Crippen molar-refractivity contribution in [1.29, 1.82) is 0 Å². The Labute approximate surface area is 148 Å². The van der Waals surface area contributed by atoms with E-state index in [9.17, 15) is 14.4 Å². The predicted molar refractivity (Wildman–Crippen MR) is 97.5 cm³/mol. The summed E-state index contributed by atoms with van der Waals surface area (Å²) in [6, 6.07) is 6.58. The van der Waals surface area contributed by atoms with E-state index >= 15 is 0 Å². The average molecular weight is 346 g/mol. The molecule has 0 aliphatic carbocycles. The van der Waals surface area contributed by atoms with Gasteiger partial charge in [-0.3, -0.25) is 14.4 Å². The number of rotatable bonds is 9. The van der Waals surface area contributed by atoms with Crippen molar-refractivity contribution in [1.82, 2.24) is 5.32 Å². The Hall–Kier alpha value is -2.47. The van der Waals surface area contributed by atoms with Gasteiger partial charge in [-0.2, -0.15) is 0 Å². The van der Waals surface area contributed by atoms with Crippen LogP contribution in [0.5, 0.6) is 0 Å². The highest BCUT2D eigenvalue weighted by Gasteiger charge is 2.08. The Morgan fingerprint density at radius 2 is 1.76 bits per heavy atom. The van der Waals surface area contributed by atoms with Gasteiger partial charge in [-0.25, -0.2) is 0 Å². The first-order valence-corrected chi connectivity index (χ1v) is 8.29. The van der Waals surface area contributed by atoms with Crippen molar-refractivity contribution >= 4 is 23.3 Å². The Balaban J connectivity index is 2.44. The quantitative estimate of drug-likeness (QED) is 0.409. The van der Waals surface area contributed by atoms with Crippen molar-refractivity contribution < 1.29 is 19.1 Å². The molecule has 0 heterocycles. The number of ether oxygens (including phenoxy) is 1. The third-order valence-corrected chi connectivity index (χ3v) is 3.33. The molecule has 1 aromatic carbocycles. The van der Waals surface area contributed by atoms with Gasteiger partial charge in [-0.15, -0.1) is 0 Å². The fraction of sp³-hybridized carbons (Fsp3) is 0.421. The smallest absolute Gasteiger partial charge is 0.251 e. The fourth-order valence-electron chi connectivity index (χ4n) is 1.93. The Kier molecular flexibility index (Phi) is 8.56. The molecule has 0 bridgehead atoms. The highest BCUT2D eigenvalue weighted by Crippen LogP contribution is 2.11. The van der Waals surface area contributed by atoms with Crippen molar-refractivity contribution in [2.45, 2.75) is 40.2 Å². The van der Waals surface area contributed by atoms with Crippen LogP contribution in [0.1, 0.15) is 44.5 Å². The Morgan fingerprint density at radius 1 is 1.12 bits per heavy atom. The zero-order chi connectivity index (χ0) is 18.8. The number of hydrogen-bond acceptors (Lipinski definition) is 4. The Bertz CT molecular complexity index is 633. The van der Waals surface area contributed by atoms with E-state index in [1.54, 1.807) is 31.2 Å². The second-order valence-electron chi connectivity index (χ2n) is 5.98. The number of carbonyl (C=O) groups excluding carboxylic acids is 3. The van der Waals surface area contributed by atoms with Crippen LogP contribution in [0.15, 0.2) is 35.9 Å². The first-order valence-electron chi connectivity index (χ1n) is 8.29. The summed E-state index contributed by atoms with van der Waals surface area (Å²) in [4.78, 5) is 35.1. The van der Waals surface area contributed by atoms with Crippen LogP contribution in [0, 0.1) is 0 Å². The van der Waals surface area contributed by atoms with Gasteiger partial charge in [-0.1, -0.05) is 0 Å². The third kappa shape index (κ3) is 8.26. The summed E-state index contributed by atoms with van der Waals surface area (Å²) in [5.74, 6) is -0.720. The molecule has 25 heavy (non-hydrogen) atoms. The molecule has 0 radical (unpaired) electrons. The molecule has 0 aromatic heterocycles. The minimum Gasteiger partial charge on any atom is -0.379 e. The molecule has 0 saturated heterocycles. The van der Waals surface area contributed by atoms with Crippen molar-refractivity contribution in [3.05, 3.63) is 41.5 Å². The lowest BCUT2D eigenvalue weighted by Gasteiger charge is -2.08. The molecule has 2 N–H and O–H groups in total. The van der Waals surface area contributed by atoms with Crippen LogP contribution in [0.2, 0.25) is 0 Å². The van der Waals surface area contributed by atoms with Crippen LogP contribution in [0.25, 0.3) is 0 Å². The maximum Gasteiger partial charge on any atom is 0.251 e. The third-order valence-electron chi connectivity index (χ3n) is 3.33. The lowest BCUT2D eigenvalue weighted by molar-refractivity contribution is -0.117. The van der Waals surface area contributed by atoms with Gasteiger partial charge in [0.05, 0.1) is 6.10 Å². The minimum absolute atomic E-state index is 0.0376. The van der Waals surface area contributed by atoms with Crippen molar-refractivity contribution in [3.8, 4) is 0 Å². The number of amides is 2. The molecule has 6 nitrogen and oxygen atoms in total. The summed E-state index contributed by atoms with van der Waals surface area (Å²) in [7, 11) is 0. The lowest BCUT2D eigenvalue weighted by Crippen LogP contribution is -2.25. The molecule has 0 aliphatic rings. The van der Waals surface area contributed by atoms with Gasteiger partial charge < -0.3 is 15.4 Å². The molecule has 0 aliphatic heterocycles. The summed E-state index contributed by atoms with van der Waals surface area (Å²) in [5, 5.41) is 5.40. The average Bonchev–Trinajstić information content (AvgIpc) is 2.54. The molecule has 2 amide bonds. The van der Waals surface area contributed by atoms with Crippen LogP contribution < -0.4 is 10.6 Å². The molecule has 0 atom stereocenters. The van der Waals surface area contributed by atoms with Gasteiger partial charge in [0.1, 0.15) is 0 Å². The Morgan fingerprint density at radius 3 is 2.32 bits per heavy atom. The number of nitrogens with one attached hydrogen (secondary N) is 2. The second-order valence-corrected chi connectivity index (χ2v) is 5.98. The van der Waals surface area contributed by atoms with E-state index in [0.717, 1.165) is 0 Å². The number of benzene rings is 1. The van der Waals surface area contributed by atoms with Gasteiger partial charge in [0, 0.05) is 36.1 Å². The zero-order valence-corrected chi connectivity index (χ0v) is 15.2. The van der Waals surface area contributed by atoms with E-state index < -0.39 is 0 Å². The highest BCUT2D eigenvalue weighted by atomic mass is 16.5. The summed E-state index contributed by atoms with van der Waals surface area (Å²) in [5.41, 5.74) is 1.44. The monoisotopic (exact) mass is 346 g/mol. The van der Waals surface area contributed by atoms with Gasteiger partial charge >= 0.3 is 0 Å². The van der Waals surface area contributed by atoms with E-state index in [0.29, 0.717) is 36.4 Å². The van der Waals surface area contributed by atoms with Crippen molar-refractivity contribution in [3.63, 3.8) is 0 Å². The molecule has 6 heteroatoms. The van der Waals surface area contributed by atoms with Gasteiger partial charge in [0.15, 0.2) is 5.78 Å². The van der Waals surface area contributed by atoms with E-state index in [2.05, 4.69) is 10.6 Å². The van der Waals surface area contributed by atoms with Crippen LogP contribution >= 0.6 is 0 Å². The molecular formula is C19H26N2O4. The molecule has 0 fully saturated rings. The number of hydrogen-bond donors (Lipinski definition) is 2. The van der Waals surface area contributed by atoms with E-state index in [4.69, 9.17) is 4.74 Å². The van der Waals surface area contributed by atoms with Gasteiger partial charge in [0.2, 0.25) is 5.91 Å². The number of carbonyl (C=O) groups is 3. The largest absolute Gasteiger partial charge is 0.379 e. The topological polar surface area (TPSA) is 84.5 Å². The van der Waals surface area contributed by atoms with Crippen LogP contribution in [0.4, 0.5) is 5.69 Å². The fourth-order valence-corrected chi connectivity index (χ4v) is 1.93. The van der Waals surface area contributed by atoms with Crippen molar-refractivity contribution in [2.24, 2.45) is 0 Å². The first kappa shape index (κ1) is 20.6. The van der Waals surface area contributed by atoms with Crippen LogP contribution in [0.3, 0.4) is 0 Å². The second kappa shape index (κ2) is 10.4. The minimum atomic E-state index is -0.367. The predicted octanol–water partition coefficient (Wildman–Crippen LogP) is 2.71. The first-order chi connectivity index (χ1) is 11.8. The molecule has 136 valence electrons. The normalized spacial score (nSPS) is 11.3. The number of Topliss-reactive ketones (excluding diaryl/α,β-unsaturated/α-hetero) is 1. The molecule has 1 aromatic rings. The van der Waals surface area contributed by atoms with E-state index in [-0.39, 0.29) is 23.7 Å². The maximum atomic E-state index is 12.1. The summed E-state index contributed by atoms with van der Waals surface area (Å²) in [6.07, 6.45) is 2.15. The van der Waals surface area contributed by atoms with Crippen LogP contribution in [-0.2, 0) is 14.3 Å². The zero-order valence-electron chi connectivity index (χ0n) is 15.2. The highest BCUT2D eigenvalue weighted by molar-refractivity contribution is 6.07. The van der Waals surface area contributed by atoms with E-state index in [1.165, 1.54) is 13.0 Å². The SMILES string of the molecule is CC(=O)c1ccc(NC(=O)/C(C)=C\C(=O)NCCCOC(C)C)cc1. The van der Waals surface area contributed by atoms with Crippen LogP contribution in [-0.4, -0.2) is 36.9 Å². The summed E-state index contributed by atoms with van der Waals surface area (Å²) >= 11 is 0. The maximum absolute atomic E-state index is 12.1. The number of ketones is 1. The molecular weight excluding hydrogens is 320 g/mol. The lowest BCUT2D eigenvalue weighted by atomic mass is 10.1. The molecule has 0 saturated carbocycles. The summed E-state index contributed by atoms with van der Waals surface area (Å²) in [6.45, 7) is 8.03. The van der Waals surface area contributed by atoms with E-state index in [1.807, 2.05) is 13.8 Å². The standard InChI is InChI=1S/C19H26N2O4/c1-13(2)25-11-5-10-20-18(23)12-14(3)19(24)21-17-8-6-16(7-9-17)15(4)22/h6-9,12-13H,5,10-11H2,1-4H3,(H,20,23)(H,21,24)/b14-12-.